The Kier molecular flexibility index (Phi) is 4.13. The van der Waals surface area contributed by atoms with Crippen LogP contribution in [0.3, 0.4) is 0 Å². The second kappa shape index (κ2) is 5.14. The minimum Gasteiger partial charge on any atom is -0.390 e. The summed E-state index contributed by atoms with van der Waals surface area (Å²) in [6.45, 7) is 0. The summed E-state index contributed by atoms with van der Waals surface area (Å²) in [5.74, 6) is 0.239. The van der Waals surface area contributed by atoms with Gasteiger partial charge in [-0.05, 0) is 6.42 Å². The largest absolute Gasteiger partial charge is 0.390 e. The maximum absolute atomic E-state index is 11.2. The molecule has 1 rings (SSSR count). The van der Waals surface area contributed by atoms with E-state index >= 15 is 0 Å². The van der Waals surface area contributed by atoms with Gasteiger partial charge in [0, 0.05) is 29.9 Å². The first-order valence-corrected chi connectivity index (χ1v) is 4.79. The molecule has 0 amide bonds. The van der Waals surface area contributed by atoms with Crippen molar-refractivity contribution < 1.29 is 10.2 Å². The van der Waals surface area contributed by atoms with Crippen molar-refractivity contribution in [2.24, 2.45) is 0 Å². The zero-order valence-electron chi connectivity index (χ0n) is 7.48. The summed E-state index contributed by atoms with van der Waals surface area (Å²) in [7, 11) is 0. The third-order valence-electron chi connectivity index (χ3n) is 1.94. The monoisotopic (exact) mass is 217 g/mol. The number of aromatic amines is 1. The number of hydrogen-bond donors (Lipinski definition) is 3. The van der Waals surface area contributed by atoms with Crippen molar-refractivity contribution in [1.82, 2.24) is 4.98 Å². The smallest absolute Gasteiger partial charge is 0.187 e. The summed E-state index contributed by atoms with van der Waals surface area (Å²) in [6.07, 6.45) is 0.906. The van der Waals surface area contributed by atoms with E-state index < -0.39 is 12.2 Å². The van der Waals surface area contributed by atoms with E-state index in [4.69, 9.17) is 11.6 Å². The third kappa shape index (κ3) is 2.57. The fourth-order valence-corrected chi connectivity index (χ4v) is 1.36. The minimum atomic E-state index is -1.18. The van der Waals surface area contributed by atoms with Crippen molar-refractivity contribution in [3.8, 4) is 0 Å². The molecular weight excluding hydrogens is 206 g/mol. The quantitative estimate of drug-likeness (QED) is 0.640. The molecule has 0 aliphatic rings. The fraction of sp³-hybridized carbons (Fsp3) is 0.444. The molecule has 2 atom stereocenters. The average Bonchev–Trinajstić information content (AvgIpc) is 2.18. The molecule has 0 spiro atoms. The van der Waals surface area contributed by atoms with Crippen molar-refractivity contribution in [2.75, 3.05) is 5.88 Å². The van der Waals surface area contributed by atoms with Crippen LogP contribution < -0.4 is 5.43 Å². The standard InChI is InChI=1S/C9H12ClNO3/c10-3-1-8(13)9(14)6-5-11-4-2-7(6)12/h2,4-5,8-9,13-14H,1,3H2,(H,11,12). The lowest BCUT2D eigenvalue weighted by atomic mass is 10.0. The molecule has 4 nitrogen and oxygen atoms in total. The van der Waals surface area contributed by atoms with Gasteiger partial charge < -0.3 is 15.2 Å². The molecule has 1 heterocycles. The number of aliphatic hydroxyl groups excluding tert-OH is 2. The molecule has 0 aliphatic heterocycles. The number of nitrogens with one attached hydrogen (secondary N) is 1. The summed E-state index contributed by atoms with van der Waals surface area (Å²) >= 11 is 5.41. The van der Waals surface area contributed by atoms with Gasteiger partial charge in [-0.3, -0.25) is 4.79 Å². The van der Waals surface area contributed by atoms with Gasteiger partial charge in [-0.2, -0.15) is 0 Å². The topological polar surface area (TPSA) is 73.3 Å². The molecule has 1 aromatic heterocycles. The number of aromatic nitrogens is 1. The van der Waals surface area contributed by atoms with Crippen molar-refractivity contribution in [3.05, 3.63) is 34.2 Å². The fourth-order valence-electron chi connectivity index (χ4n) is 1.14. The first-order valence-electron chi connectivity index (χ1n) is 4.26. The van der Waals surface area contributed by atoms with Gasteiger partial charge in [0.2, 0.25) is 0 Å². The Balaban J connectivity index is 2.84. The molecule has 14 heavy (non-hydrogen) atoms. The summed E-state index contributed by atoms with van der Waals surface area (Å²) in [5, 5.41) is 19.0. The maximum atomic E-state index is 11.2. The number of rotatable bonds is 4. The normalized spacial score (nSPS) is 15.1. The number of halogens is 1. The lowest BCUT2D eigenvalue weighted by Gasteiger charge is -2.15. The number of hydrogen-bond acceptors (Lipinski definition) is 3. The van der Waals surface area contributed by atoms with Crippen LogP contribution in [0.1, 0.15) is 18.1 Å². The van der Waals surface area contributed by atoms with Crippen LogP contribution in [0.25, 0.3) is 0 Å². The van der Waals surface area contributed by atoms with Gasteiger partial charge in [0.25, 0.3) is 0 Å². The second-order valence-corrected chi connectivity index (χ2v) is 3.33. The minimum absolute atomic E-state index is 0.158. The highest BCUT2D eigenvalue weighted by atomic mass is 35.5. The Morgan fingerprint density at radius 2 is 2.21 bits per heavy atom. The summed E-state index contributed by atoms with van der Waals surface area (Å²) in [4.78, 5) is 13.9. The van der Waals surface area contributed by atoms with Crippen molar-refractivity contribution in [1.29, 1.82) is 0 Å². The van der Waals surface area contributed by atoms with E-state index in [0.29, 0.717) is 0 Å². The van der Waals surface area contributed by atoms with Crippen LogP contribution in [0.2, 0.25) is 0 Å². The first-order chi connectivity index (χ1) is 6.66. The molecule has 0 fully saturated rings. The predicted molar refractivity (Wildman–Crippen MR) is 53.4 cm³/mol. The number of H-pyrrole nitrogens is 1. The van der Waals surface area contributed by atoms with Crippen molar-refractivity contribution in [2.45, 2.75) is 18.6 Å². The van der Waals surface area contributed by atoms with Crippen LogP contribution in [0.4, 0.5) is 0 Å². The van der Waals surface area contributed by atoms with Gasteiger partial charge in [0.05, 0.1) is 6.10 Å². The van der Waals surface area contributed by atoms with E-state index in [9.17, 15) is 15.0 Å². The van der Waals surface area contributed by atoms with Gasteiger partial charge in [0.1, 0.15) is 6.10 Å². The molecule has 0 radical (unpaired) electrons. The zero-order valence-corrected chi connectivity index (χ0v) is 8.24. The van der Waals surface area contributed by atoms with Gasteiger partial charge in [-0.1, -0.05) is 0 Å². The van der Waals surface area contributed by atoms with Crippen LogP contribution in [0.5, 0.6) is 0 Å². The molecule has 3 N–H and O–H groups in total. The van der Waals surface area contributed by atoms with Crippen LogP contribution in [0, 0.1) is 0 Å². The van der Waals surface area contributed by atoms with Crippen LogP contribution in [0.15, 0.2) is 23.3 Å². The SMILES string of the molecule is O=c1cc[nH]cc1C(O)C(O)CCCl. The van der Waals surface area contributed by atoms with Gasteiger partial charge in [-0.15, -0.1) is 11.6 Å². The summed E-state index contributed by atoms with van der Waals surface area (Å²) < 4.78 is 0. The van der Waals surface area contributed by atoms with E-state index in [2.05, 4.69) is 4.98 Å². The molecule has 5 heteroatoms. The van der Waals surface area contributed by atoms with Crippen LogP contribution in [-0.2, 0) is 0 Å². The molecule has 2 unspecified atom stereocenters. The molecular formula is C9H12ClNO3. The van der Waals surface area contributed by atoms with E-state index in [-0.39, 0.29) is 23.3 Å². The van der Waals surface area contributed by atoms with Gasteiger partial charge in [0.15, 0.2) is 5.43 Å². The van der Waals surface area contributed by atoms with E-state index in [1.54, 1.807) is 0 Å². The highest BCUT2D eigenvalue weighted by Gasteiger charge is 2.19. The molecule has 78 valence electrons. The maximum Gasteiger partial charge on any atom is 0.187 e. The van der Waals surface area contributed by atoms with E-state index in [1.807, 2.05) is 0 Å². The third-order valence-corrected chi connectivity index (χ3v) is 2.16. The van der Waals surface area contributed by atoms with Crippen molar-refractivity contribution in [3.63, 3.8) is 0 Å². The second-order valence-electron chi connectivity index (χ2n) is 2.95. The lowest BCUT2D eigenvalue weighted by Crippen LogP contribution is -2.24. The first kappa shape index (κ1) is 11.2. The molecule has 0 aliphatic carbocycles. The van der Waals surface area contributed by atoms with Crippen molar-refractivity contribution >= 4 is 11.6 Å². The molecule has 0 aromatic carbocycles. The van der Waals surface area contributed by atoms with Gasteiger partial charge in [-0.25, -0.2) is 0 Å². The molecule has 0 saturated heterocycles. The van der Waals surface area contributed by atoms with Gasteiger partial charge >= 0.3 is 0 Å². The summed E-state index contributed by atoms with van der Waals surface area (Å²) in [6, 6.07) is 1.30. The number of aliphatic hydroxyl groups is 2. The Hall–Kier alpha value is -0.840. The molecule has 0 bridgehead atoms. The highest BCUT2D eigenvalue weighted by Crippen LogP contribution is 2.14. The Bertz CT molecular complexity index is 339. The number of alkyl halides is 1. The van der Waals surface area contributed by atoms with Crippen LogP contribution >= 0.6 is 11.6 Å². The Morgan fingerprint density at radius 1 is 1.50 bits per heavy atom. The zero-order chi connectivity index (χ0) is 10.6. The van der Waals surface area contributed by atoms with E-state index in [0.717, 1.165) is 0 Å². The average molecular weight is 218 g/mol. The Labute approximate surface area is 86.2 Å². The number of pyridine rings is 1. The highest BCUT2D eigenvalue weighted by molar-refractivity contribution is 6.17. The summed E-state index contributed by atoms with van der Waals surface area (Å²) in [5.41, 5.74) is -0.144. The Morgan fingerprint density at radius 3 is 2.79 bits per heavy atom. The van der Waals surface area contributed by atoms with Crippen LogP contribution in [-0.4, -0.2) is 27.2 Å². The predicted octanol–water partition coefficient (Wildman–Crippen LogP) is 0.398. The molecule has 0 saturated carbocycles. The molecule has 1 aromatic rings. The van der Waals surface area contributed by atoms with E-state index in [1.165, 1.54) is 18.5 Å². The lowest BCUT2D eigenvalue weighted by molar-refractivity contribution is 0.0162.